The van der Waals surface area contributed by atoms with Crippen LogP contribution in [0.15, 0.2) is 12.4 Å². The van der Waals surface area contributed by atoms with Crippen LogP contribution in [0.2, 0.25) is 0 Å². The number of nitrogens with one attached hydrogen (secondary N) is 1. The van der Waals surface area contributed by atoms with Gasteiger partial charge >= 0.3 is 0 Å². The third kappa shape index (κ3) is 3.88. The van der Waals surface area contributed by atoms with E-state index in [1.165, 1.54) is 38.4 Å². The lowest BCUT2D eigenvalue weighted by Crippen LogP contribution is -2.17. The van der Waals surface area contributed by atoms with Crippen LogP contribution < -0.4 is 11.1 Å². The highest BCUT2D eigenvalue weighted by molar-refractivity contribution is 5.43. The van der Waals surface area contributed by atoms with Gasteiger partial charge in [-0.25, -0.2) is 9.97 Å². The molecular weight excluding hydrogens is 212 g/mol. The second kappa shape index (κ2) is 5.84. The molecule has 0 aromatic carbocycles. The molecule has 0 radical (unpaired) electrons. The molecule has 0 amide bonds. The van der Waals surface area contributed by atoms with Crippen molar-refractivity contribution in [2.24, 2.45) is 11.8 Å². The van der Waals surface area contributed by atoms with Crippen LogP contribution >= 0.6 is 0 Å². The molecule has 2 unspecified atom stereocenters. The number of nitrogens with two attached hydrogens (primary N) is 1. The zero-order chi connectivity index (χ0) is 12.1. The molecule has 1 fully saturated rings. The number of anilines is 2. The molecular formula is C13H22N4. The summed E-state index contributed by atoms with van der Waals surface area (Å²) in [5.41, 5.74) is 5.60. The predicted octanol–water partition coefficient (Wildman–Crippen LogP) is 2.69. The Bertz CT molecular complexity index is 353. The Labute approximate surface area is 103 Å². The molecule has 0 aliphatic heterocycles. The van der Waals surface area contributed by atoms with E-state index in [1.807, 2.05) is 0 Å². The average Bonchev–Trinajstić information content (AvgIpc) is 2.29. The molecule has 4 nitrogen and oxygen atoms in total. The maximum atomic E-state index is 5.60. The molecule has 0 bridgehead atoms. The number of aromatic nitrogens is 2. The van der Waals surface area contributed by atoms with E-state index in [-0.39, 0.29) is 0 Å². The highest BCUT2D eigenvalue weighted by Gasteiger charge is 2.18. The Balaban J connectivity index is 1.72. The van der Waals surface area contributed by atoms with Gasteiger partial charge in [0.15, 0.2) is 0 Å². The van der Waals surface area contributed by atoms with Crippen molar-refractivity contribution >= 4 is 11.6 Å². The quantitative estimate of drug-likeness (QED) is 0.840. The van der Waals surface area contributed by atoms with Crippen molar-refractivity contribution in [1.29, 1.82) is 0 Å². The summed E-state index contributed by atoms with van der Waals surface area (Å²) in [5, 5.41) is 3.32. The lowest BCUT2D eigenvalue weighted by Gasteiger charge is -2.26. The van der Waals surface area contributed by atoms with Gasteiger partial charge in [-0.15, -0.1) is 0 Å². The Kier molecular flexibility index (Phi) is 4.18. The number of hydrogen-bond acceptors (Lipinski definition) is 4. The first-order valence-electron chi connectivity index (χ1n) is 6.55. The fraction of sp³-hybridized carbons (Fsp3) is 0.692. The van der Waals surface area contributed by atoms with E-state index < -0.39 is 0 Å². The molecule has 1 aromatic rings. The Morgan fingerprint density at radius 2 is 2.29 bits per heavy atom. The first-order valence-corrected chi connectivity index (χ1v) is 6.55. The molecule has 3 N–H and O–H groups in total. The van der Waals surface area contributed by atoms with E-state index in [9.17, 15) is 0 Å². The highest BCUT2D eigenvalue weighted by Crippen LogP contribution is 2.30. The minimum atomic E-state index is 0.522. The van der Waals surface area contributed by atoms with Crippen LogP contribution in [0.5, 0.6) is 0 Å². The fourth-order valence-corrected chi connectivity index (χ4v) is 2.70. The molecule has 0 saturated heterocycles. The Hall–Kier alpha value is -1.32. The molecule has 1 aromatic heterocycles. The van der Waals surface area contributed by atoms with E-state index in [0.29, 0.717) is 5.82 Å². The maximum absolute atomic E-state index is 5.60. The molecule has 0 spiro atoms. The van der Waals surface area contributed by atoms with E-state index in [1.54, 1.807) is 6.07 Å². The van der Waals surface area contributed by atoms with Crippen LogP contribution in [-0.2, 0) is 0 Å². The first kappa shape index (κ1) is 12.1. The summed E-state index contributed by atoms with van der Waals surface area (Å²) < 4.78 is 0. The number of rotatable bonds is 4. The number of nitrogen functional groups attached to an aromatic ring is 1. The van der Waals surface area contributed by atoms with Gasteiger partial charge in [-0.3, -0.25) is 0 Å². The lowest BCUT2D eigenvalue weighted by molar-refractivity contribution is 0.274. The Morgan fingerprint density at radius 1 is 1.41 bits per heavy atom. The standard InChI is InChI=1S/C13H22N4/c1-10-3-2-4-11(7-10)5-6-15-13-8-12(14)16-9-17-13/h8-11H,2-7H2,1H3,(H3,14,15,16,17). The number of nitrogens with zero attached hydrogens (tertiary/aromatic N) is 2. The molecule has 1 aliphatic rings. The second-order valence-corrected chi connectivity index (χ2v) is 5.18. The van der Waals surface area contributed by atoms with E-state index >= 15 is 0 Å². The van der Waals surface area contributed by atoms with Crippen LogP contribution in [0.3, 0.4) is 0 Å². The van der Waals surface area contributed by atoms with Crippen LogP contribution in [0.1, 0.15) is 39.0 Å². The van der Waals surface area contributed by atoms with E-state index in [2.05, 4.69) is 22.2 Å². The summed E-state index contributed by atoms with van der Waals surface area (Å²) in [4.78, 5) is 8.01. The zero-order valence-electron chi connectivity index (χ0n) is 10.5. The van der Waals surface area contributed by atoms with Crippen molar-refractivity contribution in [3.05, 3.63) is 12.4 Å². The van der Waals surface area contributed by atoms with Crippen LogP contribution in [0.4, 0.5) is 11.6 Å². The maximum Gasteiger partial charge on any atom is 0.131 e. The topological polar surface area (TPSA) is 63.8 Å². The van der Waals surface area contributed by atoms with E-state index in [4.69, 9.17) is 5.73 Å². The van der Waals surface area contributed by atoms with Crippen LogP contribution in [-0.4, -0.2) is 16.5 Å². The molecule has 94 valence electrons. The zero-order valence-corrected chi connectivity index (χ0v) is 10.5. The van der Waals surface area contributed by atoms with Crippen LogP contribution in [0, 0.1) is 11.8 Å². The van der Waals surface area contributed by atoms with Gasteiger partial charge in [0.25, 0.3) is 0 Å². The average molecular weight is 234 g/mol. The summed E-state index contributed by atoms with van der Waals surface area (Å²) in [6, 6.07) is 1.78. The third-order valence-electron chi connectivity index (χ3n) is 3.59. The molecule has 1 aliphatic carbocycles. The minimum Gasteiger partial charge on any atom is -0.384 e. The van der Waals surface area contributed by atoms with Gasteiger partial charge < -0.3 is 11.1 Å². The van der Waals surface area contributed by atoms with Crippen molar-refractivity contribution < 1.29 is 0 Å². The fourth-order valence-electron chi connectivity index (χ4n) is 2.70. The van der Waals surface area contributed by atoms with Gasteiger partial charge in [-0.1, -0.05) is 26.2 Å². The van der Waals surface area contributed by atoms with Gasteiger partial charge in [0.1, 0.15) is 18.0 Å². The van der Waals surface area contributed by atoms with Gasteiger partial charge in [-0.05, 0) is 24.7 Å². The van der Waals surface area contributed by atoms with Crippen LogP contribution in [0.25, 0.3) is 0 Å². The van der Waals surface area contributed by atoms with Crippen molar-refractivity contribution in [3.63, 3.8) is 0 Å². The van der Waals surface area contributed by atoms with Crippen molar-refractivity contribution in [3.8, 4) is 0 Å². The summed E-state index contributed by atoms with van der Waals surface area (Å²) in [6.07, 6.45) is 8.30. The summed E-state index contributed by atoms with van der Waals surface area (Å²) in [6.45, 7) is 3.35. The number of hydrogen-bond donors (Lipinski definition) is 2. The normalized spacial score (nSPS) is 24.5. The third-order valence-corrected chi connectivity index (χ3v) is 3.59. The smallest absolute Gasteiger partial charge is 0.131 e. The lowest BCUT2D eigenvalue weighted by atomic mass is 9.81. The molecule has 1 heterocycles. The Morgan fingerprint density at radius 3 is 3.06 bits per heavy atom. The highest BCUT2D eigenvalue weighted by atomic mass is 15.0. The van der Waals surface area contributed by atoms with Crippen molar-refractivity contribution in [2.45, 2.75) is 39.0 Å². The van der Waals surface area contributed by atoms with Gasteiger partial charge in [0.05, 0.1) is 0 Å². The molecule has 1 saturated carbocycles. The second-order valence-electron chi connectivity index (χ2n) is 5.18. The molecule has 4 heteroatoms. The monoisotopic (exact) mass is 234 g/mol. The molecule has 2 rings (SSSR count). The molecule has 17 heavy (non-hydrogen) atoms. The summed E-state index contributed by atoms with van der Waals surface area (Å²) in [5.74, 6) is 3.14. The SMILES string of the molecule is CC1CCCC(CCNc2cc(N)ncn2)C1. The minimum absolute atomic E-state index is 0.522. The van der Waals surface area contributed by atoms with Gasteiger partial charge in [0, 0.05) is 12.6 Å². The van der Waals surface area contributed by atoms with Gasteiger partial charge in [-0.2, -0.15) is 0 Å². The van der Waals surface area contributed by atoms with Crippen molar-refractivity contribution in [2.75, 3.05) is 17.6 Å². The van der Waals surface area contributed by atoms with Gasteiger partial charge in [0.2, 0.25) is 0 Å². The largest absolute Gasteiger partial charge is 0.384 e. The van der Waals surface area contributed by atoms with E-state index in [0.717, 1.165) is 24.2 Å². The summed E-state index contributed by atoms with van der Waals surface area (Å²) in [7, 11) is 0. The predicted molar refractivity (Wildman–Crippen MR) is 70.7 cm³/mol. The van der Waals surface area contributed by atoms with Crippen molar-refractivity contribution in [1.82, 2.24) is 9.97 Å². The summed E-state index contributed by atoms with van der Waals surface area (Å²) >= 11 is 0. The molecule has 2 atom stereocenters. The first-order chi connectivity index (χ1) is 8.24.